The zero-order valence-electron chi connectivity index (χ0n) is 19.9. The highest BCUT2D eigenvalue weighted by Crippen LogP contribution is 2.44. The number of alkyl carbamates (subject to hydrolysis) is 1. The third-order valence-corrected chi connectivity index (χ3v) is 7.44. The highest BCUT2D eigenvalue weighted by atomic mass is 16.5. The van der Waals surface area contributed by atoms with E-state index in [1.54, 1.807) is 11.8 Å². The van der Waals surface area contributed by atoms with Gasteiger partial charge in [-0.15, -0.1) is 0 Å². The Balaban J connectivity index is 1.45. The largest absolute Gasteiger partial charge is 0.481 e. The third kappa shape index (κ3) is 4.15. The van der Waals surface area contributed by atoms with Gasteiger partial charge in [0, 0.05) is 18.5 Å². The number of carboxylic acid groups (broad SMARTS) is 1. The monoisotopic (exact) mass is 464 g/mol. The molecule has 2 aliphatic rings. The molecule has 3 unspecified atom stereocenters. The van der Waals surface area contributed by atoms with Crippen LogP contribution in [-0.2, 0) is 14.3 Å². The van der Waals surface area contributed by atoms with Gasteiger partial charge in [-0.1, -0.05) is 62.4 Å². The Hall–Kier alpha value is -3.35. The van der Waals surface area contributed by atoms with Crippen molar-refractivity contribution in [2.24, 2.45) is 5.92 Å². The van der Waals surface area contributed by atoms with Crippen LogP contribution < -0.4 is 5.32 Å². The molecule has 4 rings (SSSR count). The second kappa shape index (κ2) is 9.49. The van der Waals surface area contributed by atoms with Crippen LogP contribution in [-0.4, -0.2) is 52.7 Å². The molecule has 34 heavy (non-hydrogen) atoms. The fraction of sp³-hybridized carbons (Fsp3) is 0.444. The van der Waals surface area contributed by atoms with Crippen LogP contribution in [0.25, 0.3) is 11.1 Å². The molecule has 0 bridgehead atoms. The lowest BCUT2D eigenvalue weighted by molar-refractivity contribution is -0.144. The van der Waals surface area contributed by atoms with Crippen LogP contribution in [0, 0.1) is 5.92 Å². The predicted octanol–water partition coefficient (Wildman–Crippen LogP) is 4.41. The summed E-state index contributed by atoms with van der Waals surface area (Å²) in [5.74, 6) is -1.80. The summed E-state index contributed by atoms with van der Waals surface area (Å²) in [5.41, 5.74) is 3.35. The molecule has 1 heterocycles. The van der Waals surface area contributed by atoms with Crippen molar-refractivity contribution in [1.82, 2.24) is 10.2 Å². The smallest absolute Gasteiger partial charge is 0.408 e. The van der Waals surface area contributed by atoms with Crippen molar-refractivity contribution in [2.45, 2.75) is 57.5 Å². The molecule has 2 N–H and O–H groups in total. The minimum atomic E-state index is -1.18. The van der Waals surface area contributed by atoms with Crippen molar-refractivity contribution in [3.63, 3.8) is 0 Å². The lowest BCUT2D eigenvalue weighted by atomic mass is 9.94. The van der Waals surface area contributed by atoms with E-state index in [0.717, 1.165) is 22.3 Å². The summed E-state index contributed by atoms with van der Waals surface area (Å²) in [5, 5.41) is 12.3. The van der Waals surface area contributed by atoms with E-state index >= 15 is 0 Å². The summed E-state index contributed by atoms with van der Waals surface area (Å²) in [6, 6.07) is 15.8. The van der Waals surface area contributed by atoms with Crippen molar-refractivity contribution in [3.8, 4) is 11.1 Å². The quantitative estimate of drug-likeness (QED) is 0.633. The summed E-state index contributed by atoms with van der Waals surface area (Å²) in [7, 11) is 0. The van der Waals surface area contributed by atoms with E-state index in [4.69, 9.17) is 4.74 Å². The highest BCUT2D eigenvalue weighted by Gasteiger charge is 2.46. The van der Waals surface area contributed by atoms with Crippen molar-refractivity contribution < 1.29 is 24.2 Å². The number of nitrogens with zero attached hydrogens (tertiary/aromatic N) is 1. The first-order chi connectivity index (χ1) is 16.3. The summed E-state index contributed by atoms with van der Waals surface area (Å²) >= 11 is 0. The van der Waals surface area contributed by atoms with Gasteiger partial charge in [-0.25, -0.2) is 4.79 Å². The van der Waals surface area contributed by atoms with Crippen molar-refractivity contribution in [2.75, 3.05) is 13.2 Å². The molecule has 7 nitrogen and oxygen atoms in total. The number of ether oxygens (including phenoxy) is 1. The van der Waals surface area contributed by atoms with Gasteiger partial charge in [0.15, 0.2) is 0 Å². The number of fused-ring (bicyclic) bond motifs is 3. The number of aliphatic carboxylic acids is 1. The molecule has 3 atom stereocenters. The molecule has 7 heteroatoms. The lowest BCUT2D eigenvalue weighted by Crippen LogP contribution is -2.59. The number of likely N-dealkylation sites (tertiary alicyclic amines) is 1. The van der Waals surface area contributed by atoms with E-state index in [0.29, 0.717) is 25.8 Å². The van der Waals surface area contributed by atoms with E-state index in [-0.39, 0.29) is 24.5 Å². The predicted molar refractivity (Wildman–Crippen MR) is 128 cm³/mol. The van der Waals surface area contributed by atoms with Gasteiger partial charge in [-0.3, -0.25) is 9.59 Å². The Kier molecular flexibility index (Phi) is 6.64. The van der Waals surface area contributed by atoms with Crippen LogP contribution in [0.3, 0.4) is 0 Å². The molecule has 1 aliphatic carbocycles. The molecular formula is C27H32N2O5. The third-order valence-electron chi connectivity index (χ3n) is 7.44. The van der Waals surface area contributed by atoms with Crippen LogP contribution >= 0.6 is 0 Å². The number of carbonyl (C=O) groups is 3. The fourth-order valence-electron chi connectivity index (χ4n) is 5.37. The molecule has 2 amide bonds. The van der Waals surface area contributed by atoms with Crippen LogP contribution in [0.2, 0.25) is 0 Å². The average molecular weight is 465 g/mol. The number of hydrogen-bond donors (Lipinski definition) is 2. The molecule has 0 spiro atoms. The molecule has 2 aromatic carbocycles. The Morgan fingerprint density at radius 2 is 1.65 bits per heavy atom. The molecule has 0 radical (unpaired) electrons. The van der Waals surface area contributed by atoms with Crippen LogP contribution in [0.5, 0.6) is 0 Å². The number of benzene rings is 2. The molecule has 0 saturated carbocycles. The van der Waals surface area contributed by atoms with Gasteiger partial charge in [0.2, 0.25) is 5.91 Å². The number of carboxylic acids is 1. The topological polar surface area (TPSA) is 95.9 Å². The maximum Gasteiger partial charge on any atom is 0.408 e. The molecule has 1 saturated heterocycles. The minimum Gasteiger partial charge on any atom is -0.481 e. The number of rotatable bonds is 7. The molecule has 1 fully saturated rings. The van der Waals surface area contributed by atoms with Crippen molar-refractivity contribution in [1.29, 1.82) is 0 Å². The zero-order valence-corrected chi connectivity index (χ0v) is 19.9. The van der Waals surface area contributed by atoms with Crippen molar-refractivity contribution in [3.05, 3.63) is 59.7 Å². The Labute approximate surface area is 200 Å². The standard InChI is InChI=1S/C27H32N2O5/c1-4-23-21(24(30)31)14-15-29(23)25(32)27(3,5-2)28-26(33)34-16-22-19-12-8-6-10-17(19)18-11-7-9-13-20(18)22/h6-13,21-23H,4-5,14-16H2,1-3H3,(H,28,33)(H,30,31). The number of hydrogen-bond acceptors (Lipinski definition) is 4. The maximum absolute atomic E-state index is 13.4. The van der Waals surface area contributed by atoms with E-state index in [2.05, 4.69) is 29.6 Å². The molecule has 0 aromatic heterocycles. The first-order valence-electron chi connectivity index (χ1n) is 12.0. The second-order valence-electron chi connectivity index (χ2n) is 9.34. The summed E-state index contributed by atoms with van der Waals surface area (Å²) in [6.07, 6.45) is 0.681. The normalized spacial score (nSPS) is 20.9. The van der Waals surface area contributed by atoms with E-state index < -0.39 is 23.5 Å². The van der Waals surface area contributed by atoms with Gasteiger partial charge in [-0.2, -0.15) is 0 Å². The Bertz CT molecular complexity index is 1050. The van der Waals surface area contributed by atoms with Crippen molar-refractivity contribution >= 4 is 18.0 Å². The Morgan fingerprint density at radius 1 is 1.06 bits per heavy atom. The fourth-order valence-corrected chi connectivity index (χ4v) is 5.37. The van der Waals surface area contributed by atoms with Gasteiger partial charge >= 0.3 is 12.1 Å². The van der Waals surface area contributed by atoms with Crippen LogP contribution in [0.15, 0.2) is 48.5 Å². The Morgan fingerprint density at radius 3 is 2.18 bits per heavy atom. The second-order valence-corrected chi connectivity index (χ2v) is 9.34. The van der Waals surface area contributed by atoms with Gasteiger partial charge in [-0.05, 0) is 48.4 Å². The first-order valence-corrected chi connectivity index (χ1v) is 12.0. The average Bonchev–Trinajstić information content (AvgIpc) is 3.41. The molecule has 180 valence electrons. The van der Waals surface area contributed by atoms with Gasteiger partial charge in [0.1, 0.15) is 12.1 Å². The summed E-state index contributed by atoms with van der Waals surface area (Å²) in [6.45, 7) is 5.92. The SMILES string of the molecule is CCC1C(C(=O)O)CCN1C(=O)C(C)(CC)NC(=O)OCC1c2ccccc2-c2ccccc21. The number of amides is 2. The lowest BCUT2D eigenvalue weighted by Gasteiger charge is -2.35. The van der Waals surface area contributed by atoms with E-state index in [9.17, 15) is 19.5 Å². The highest BCUT2D eigenvalue weighted by molar-refractivity contribution is 5.90. The van der Waals surface area contributed by atoms with E-state index in [1.807, 2.05) is 38.1 Å². The molecular weight excluding hydrogens is 432 g/mol. The molecule has 2 aromatic rings. The number of carbonyl (C=O) groups excluding carboxylic acids is 2. The summed E-state index contributed by atoms with van der Waals surface area (Å²) in [4.78, 5) is 39.5. The van der Waals surface area contributed by atoms with E-state index in [1.165, 1.54) is 0 Å². The van der Waals surface area contributed by atoms with Crippen LogP contribution in [0.4, 0.5) is 4.79 Å². The summed E-state index contributed by atoms with van der Waals surface area (Å²) < 4.78 is 5.65. The van der Waals surface area contributed by atoms with Crippen LogP contribution in [0.1, 0.15) is 57.1 Å². The zero-order chi connectivity index (χ0) is 24.5. The van der Waals surface area contributed by atoms with Gasteiger partial charge in [0.05, 0.1) is 5.92 Å². The first kappa shape index (κ1) is 23.8. The van der Waals surface area contributed by atoms with Gasteiger partial charge < -0.3 is 20.1 Å². The number of nitrogens with one attached hydrogen (secondary N) is 1. The molecule has 1 aliphatic heterocycles. The maximum atomic E-state index is 13.4. The van der Waals surface area contributed by atoms with Gasteiger partial charge in [0.25, 0.3) is 0 Å². The minimum absolute atomic E-state index is 0.0684.